The minimum absolute atomic E-state index is 0.159. The predicted octanol–water partition coefficient (Wildman–Crippen LogP) is 3.78. The van der Waals surface area contributed by atoms with Gasteiger partial charge in [0, 0.05) is 11.6 Å². The van der Waals surface area contributed by atoms with E-state index >= 15 is 0 Å². The summed E-state index contributed by atoms with van der Waals surface area (Å²) in [6.45, 7) is 1.29. The number of nitrogens with zero attached hydrogens (tertiary/aromatic N) is 1. The first-order chi connectivity index (χ1) is 12.5. The number of rotatable bonds is 3. The third kappa shape index (κ3) is 3.04. The van der Waals surface area contributed by atoms with Crippen molar-refractivity contribution in [3.63, 3.8) is 0 Å². The highest BCUT2D eigenvalue weighted by Crippen LogP contribution is 2.40. The molecule has 0 radical (unpaired) electrons. The van der Waals surface area contributed by atoms with Crippen molar-refractivity contribution in [1.29, 1.82) is 0 Å². The Morgan fingerprint density at radius 3 is 2.62 bits per heavy atom. The van der Waals surface area contributed by atoms with E-state index in [1.54, 1.807) is 6.07 Å². The third-order valence-electron chi connectivity index (χ3n) is 4.64. The molecule has 26 heavy (non-hydrogen) atoms. The van der Waals surface area contributed by atoms with E-state index in [0.717, 1.165) is 11.6 Å². The SMILES string of the molecule is O=S(=O)(c1ccc(Cl)cc1F)N1CCCC1c1ccc2c(c1)OCCO2. The highest BCUT2D eigenvalue weighted by molar-refractivity contribution is 7.89. The van der Waals surface area contributed by atoms with Gasteiger partial charge in [0.15, 0.2) is 11.5 Å². The number of sulfonamides is 1. The maximum absolute atomic E-state index is 14.2. The lowest BCUT2D eigenvalue weighted by atomic mass is 10.0. The Morgan fingerprint density at radius 1 is 1.08 bits per heavy atom. The molecule has 138 valence electrons. The Morgan fingerprint density at radius 2 is 1.85 bits per heavy atom. The Hall–Kier alpha value is -1.83. The Kier molecular flexibility index (Phi) is 4.54. The van der Waals surface area contributed by atoms with Crippen LogP contribution in [0.25, 0.3) is 0 Å². The highest BCUT2D eigenvalue weighted by atomic mass is 35.5. The first-order valence-corrected chi connectivity index (χ1v) is 10.1. The smallest absolute Gasteiger partial charge is 0.246 e. The van der Waals surface area contributed by atoms with Crippen molar-refractivity contribution in [3.05, 3.63) is 52.8 Å². The van der Waals surface area contributed by atoms with E-state index in [0.29, 0.717) is 44.1 Å². The van der Waals surface area contributed by atoms with Crippen LogP contribution in [0.3, 0.4) is 0 Å². The molecule has 0 N–H and O–H groups in total. The second kappa shape index (κ2) is 6.72. The molecule has 4 rings (SSSR count). The lowest BCUT2D eigenvalue weighted by Gasteiger charge is -2.26. The molecular weight excluding hydrogens is 381 g/mol. The quantitative estimate of drug-likeness (QED) is 0.791. The molecule has 0 amide bonds. The van der Waals surface area contributed by atoms with E-state index in [-0.39, 0.29) is 16.0 Å². The molecule has 0 bridgehead atoms. The van der Waals surface area contributed by atoms with E-state index in [1.807, 2.05) is 12.1 Å². The van der Waals surface area contributed by atoms with Crippen LogP contribution in [0.5, 0.6) is 11.5 Å². The summed E-state index contributed by atoms with van der Waals surface area (Å²) in [4.78, 5) is -0.355. The molecule has 1 atom stereocenters. The van der Waals surface area contributed by atoms with Crippen LogP contribution < -0.4 is 9.47 Å². The normalized spacial score (nSPS) is 20.3. The average Bonchev–Trinajstić information content (AvgIpc) is 3.11. The molecule has 2 aliphatic rings. The van der Waals surface area contributed by atoms with Gasteiger partial charge >= 0.3 is 0 Å². The van der Waals surface area contributed by atoms with Gasteiger partial charge in [-0.05, 0) is 48.7 Å². The van der Waals surface area contributed by atoms with Crippen LogP contribution in [0, 0.1) is 5.82 Å². The van der Waals surface area contributed by atoms with Crippen molar-refractivity contribution in [2.45, 2.75) is 23.8 Å². The summed E-state index contributed by atoms with van der Waals surface area (Å²) >= 11 is 5.74. The fraction of sp³-hybridized carbons (Fsp3) is 0.333. The highest BCUT2D eigenvalue weighted by Gasteiger charge is 2.38. The van der Waals surface area contributed by atoms with Gasteiger partial charge in [0.2, 0.25) is 10.0 Å². The second-order valence-corrected chi connectivity index (χ2v) is 8.55. The molecule has 0 spiro atoms. The van der Waals surface area contributed by atoms with Crippen LogP contribution >= 0.6 is 11.6 Å². The van der Waals surface area contributed by atoms with Gasteiger partial charge in [0.25, 0.3) is 0 Å². The average molecular weight is 398 g/mol. The molecule has 1 fully saturated rings. The van der Waals surface area contributed by atoms with E-state index < -0.39 is 15.8 Å². The van der Waals surface area contributed by atoms with Gasteiger partial charge in [0.1, 0.15) is 23.9 Å². The van der Waals surface area contributed by atoms with Crippen LogP contribution in [0.4, 0.5) is 4.39 Å². The molecule has 5 nitrogen and oxygen atoms in total. The summed E-state index contributed by atoms with van der Waals surface area (Å²) in [5.74, 6) is 0.414. The maximum Gasteiger partial charge on any atom is 0.246 e. The van der Waals surface area contributed by atoms with Crippen molar-refractivity contribution in [3.8, 4) is 11.5 Å². The van der Waals surface area contributed by atoms with Crippen LogP contribution in [0.2, 0.25) is 5.02 Å². The molecule has 2 aromatic carbocycles. The zero-order chi connectivity index (χ0) is 18.3. The molecule has 2 aliphatic heterocycles. The van der Waals surface area contributed by atoms with Crippen molar-refractivity contribution in [2.24, 2.45) is 0 Å². The summed E-state index contributed by atoms with van der Waals surface area (Å²) in [6, 6.07) is 8.68. The van der Waals surface area contributed by atoms with E-state index in [9.17, 15) is 12.8 Å². The summed E-state index contributed by atoms with van der Waals surface area (Å²) in [6.07, 6.45) is 1.36. The minimum atomic E-state index is -3.98. The zero-order valence-electron chi connectivity index (χ0n) is 13.8. The van der Waals surface area contributed by atoms with Crippen molar-refractivity contribution in [1.82, 2.24) is 4.31 Å². The van der Waals surface area contributed by atoms with Gasteiger partial charge in [0.05, 0.1) is 6.04 Å². The molecule has 0 saturated carbocycles. The fourth-order valence-corrected chi connectivity index (χ4v) is 5.33. The summed E-state index contributed by atoms with van der Waals surface area (Å²) in [7, 11) is -3.98. The zero-order valence-corrected chi connectivity index (χ0v) is 15.4. The van der Waals surface area contributed by atoms with Crippen LogP contribution in [0.15, 0.2) is 41.3 Å². The molecule has 1 saturated heterocycles. The minimum Gasteiger partial charge on any atom is -0.486 e. The second-order valence-electron chi connectivity index (χ2n) is 6.25. The van der Waals surface area contributed by atoms with Crippen LogP contribution in [-0.2, 0) is 10.0 Å². The standard InChI is InChI=1S/C18H17ClFNO4S/c19-13-4-6-18(14(20)11-13)26(22,23)21-7-1-2-15(21)12-3-5-16-17(10-12)25-9-8-24-16/h3-6,10-11,15H,1-2,7-9H2. The summed E-state index contributed by atoms with van der Waals surface area (Å²) < 4.78 is 52.7. The predicted molar refractivity (Wildman–Crippen MR) is 94.7 cm³/mol. The Balaban J connectivity index is 1.70. The third-order valence-corrected chi connectivity index (χ3v) is 6.81. The Bertz CT molecular complexity index is 950. The van der Waals surface area contributed by atoms with Gasteiger partial charge in [-0.2, -0.15) is 4.31 Å². The number of fused-ring (bicyclic) bond motifs is 1. The van der Waals surface area contributed by atoms with Crippen molar-refractivity contribution in [2.75, 3.05) is 19.8 Å². The first-order valence-electron chi connectivity index (χ1n) is 8.33. The number of hydrogen-bond donors (Lipinski definition) is 0. The van der Waals surface area contributed by atoms with Gasteiger partial charge in [-0.1, -0.05) is 17.7 Å². The van der Waals surface area contributed by atoms with Crippen molar-refractivity contribution < 1.29 is 22.3 Å². The molecule has 8 heteroatoms. The van der Waals surface area contributed by atoms with Crippen LogP contribution in [-0.4, -0.2) is 32.5 Å². The fourth-order valence-electron chi connectivity index (χ4n) is 3.44. The van der Waals surface area contributed by atoms with Crippen LogP contribution in [0.1, 0.15) is 24.4 Å². The lowest BCUT2D eigenvalue weighted by molar-refractivity contribution is 0.171. The van der Waals surface area contributed by atoms with Gasteiger partial charge in [-0.15, -0.1) is 0 Å². The molecule has 1 unspecified atom stereocenters. The molecule has 2 heterocycles. The number of halogens is 2. The summed E-state index contributed by atoms with van der Waals surface area (Å²) in [5.41, 5.74) is 0.810. The van der Waals surface area contributed by atoms with Crippen molar-refractivity contribution >= 4 is 21.6 Å². The lowest BCUT2D eigenvalue weighted by Crippen LogP contribution is -2.31. The van der Waals surface area contributed by atoms with E-state index in [1.165, 1.54) is 16.4 Å². The molecular formula is C18H17ClFNO4S. The van der Waals surface area contributed by atoms with Gasteiger partial charge < -0.3 is 9.47 Å². The Labute approximate surface area is 156 Å². The number of hydrogen-bond acceptors (Lipinski definition) is 4. The van der Waals surface area contributed by atoms with Gasteiger partial charge in [-0.3, -0.25) is 0 Å². The molecule has 0 aromatic heterocycles. The topological polar surface area (TPSA) is 55.8 Å². The van der Waals surface area contributed by atoms with E-state index in [4.69, 9.17) is 21.1 Å². The monoisotopic (exact) mass is 397 g/mol. The summed E-state index contributed by atoms with van der Waals surface area (Å²) in [5, 5.41) is 0.159. The largest absolute Gasteiger partial charge is 0.486 e. The molecule has 2 aromatic rings. The number of ether oxygens (including phenoxy) is 2. The van der Waals surface area contributed by atoms with Gasteiger partial charge in [-0.25, -0.2) is 12.8 Å². The number of benzene rings is 2. The van der Waals surface area contributed by atoms with E-state index in [2.05, 4.69) is 0 Å². The first kappa shape index (κ1) is 17.6. The maximum atomic E-state index is 14.2. The molecule has 0 aliphatic carbocycles.